The van der Waals surface area contributed by atoms with Crippen LogP contribution in [0.2, 0.25) is 0 Å². The van der Waals surface area contributed by atoms with Gasteiger partial charge in [-0.3, -0.25) is 24.1 Å². The topological polar surface area (TPSA) is 93.2 Å². The SMILES string of the molecule is COCCCN1C(=O)c2ccc(C(=O)N3c4ccccc4C(C(=O)OC)CC3C)cc2C1=O. The molecule has 2 aromatic rings. The molecule has 4 rings (SSSR count). The summed E-state index contributed by atoms with van der Waals surface area (Å²) in [4.78, 5) is 54.3. The molecule has 0 N–H and O–H groups in total. The van der Waals surface area contributed by atoms with Gasteiger partial charge in [-0.2, -0.15) is 0 Å². The maximum atomic E-state index is 13.6. The first-order valence-corrected chi connectivity index (χ1v) is 10.9. The molecule has 8 nitrogen and oxygen atoms in total. The molecule has 0 spiro atoms. The number of rotatable bonds is 6. The van der Waals surface area contributed by atoms with Crippen molar-refractivity contribution in [3.63, 3.8) is 0 Å². The highest BCUT2D eigenvalue weighted by atomic mass is 16.5. The Hall–Kier alpha value is -3.52. The summed E-state index contributed by atoms with van der Waals surface area (Å²) in [6.07, 6.45) is 0.961. The lowest BCUT2D eigenvalue weighted by atomic mass is 9.85. The third-order valence-electron chi connectivity index (χ3n) is 6.24. The molecule has 0 aromatic heterocycles. The zero-order valence-electron chi connectivity index (χ0n) is 18.9. The number of hydrogen-bond acceptors (Lipinski definition) is 6. The number of esters is 1. The Morgan fingerprint density at radius 3 is 2.48 bits per heavy atom. The van der Waals surface area contributed by atoms with Crippen molar-refractivity contribution in [2.45, 2.75) is 31.7 Å². The van der Waals surface area contributed by atoms with Gasteiger partial charge in [-0.1, -0.05) is 18.2 Å². The normalized spacial score (nSPS) is 19.4. The van der Waals surface area contributed by atoms with E-state index in [1.165, 1.54) is 24.1 Å². The number of benzene rings is 2. The number of nitrogens with zero attached hydrogens (tertiary/aromatic N) is 2. The van der Waals surface area contributed by atoms with Crippen molar-refractivity contribution in [2.24, 2.45) is 0 Å². The van der Waals surface area contributed by atoms with E-state index in [1.54, 1.807) is 24.1 Å². The van der Waals surface area contributed by atoms with E-state index in [0.717, 1.165) is 5.56 Å². The predicted molar refractivity (Wildman–Crippen MR) is 120 cm³/mol. The number of ether oxygens (including phenoxy) is 2. The first kappa shape index (κ1) is 22.7. The minimum absolute atomic E-state index is 0.230. The largest absolute Gasteiger partial charge is 0.469 e. The molecule has 2 aromatic carbocycles. The minimum Gasteiger partial charge on any atom is -0.469 e. The van der Waals surface area contributed by atoms with E-state index in [4.69, 9.17) is 9.47 Å². The van der Waals surface area contributed by atoms with Gasteiger partial charge in [0.05, 0.1) is 24.2 Å². The van der Waals surface area contributed by atoms with Crippen LogP contribution in [0.4, 0.5) is 5.69 Å². The summed E-state index contributed by atoms with van der Waals surface area (Å²) in [5.41, 5.74) is 2.21. The molecule has 8 heteroatoms. The standard InChI is InChI=1S/C25H26N2O6/c1-15-13-20(25(31)33-3)17-7-4-5-8-21(17)27(15)22(28)16-9-10-18-19(14-16)24(30)26(23(18)29)11-6-12-32-2/h4-5,7-10,14-15,20H,6,11-13H2,1-3H3. The fourth-order valence-electron chi connectivity index (χ4n) is 4.62. The third kappa shape index (κ3) is 3.91. The average molecular weight is 450 g/mol. The highest BCUT2D eigenvalue weighted by molar-refractivity contribution is 6.22. The molecule has 2 aliphatic rings. The van der Waals surface area contributed by atoms with Crippen LogP contribution >= 0.6 is 0 Å². The first-order valence-electron chi connectivity index (χ1n) is 10.9. The Labute approximate surface area is 192 Å². The molecule has 2 aliphatic heterocycles. The Morgan fingerprint density at radius 1 is 1.03 bits per heavy atom. The van der Waals surface area contributed by atoms with E-state index in [9.17, 15) is 19.2 Å². The highest BCUT2D eigenvalue weighted by Crippen LogP contribution is 2.40. The lowest BCUT2D eigenvalue weighted by molar-refractivity contribution is -0.142. The summed E-state index contributed by atoms with van der Waals surface area (Å²) in [6, 6.07) is 11.6. The molecule has 0 saturated carbocycles. The van der Waals surface area contributed by atoms with Crippen LogP contribution in [0.15, 0.2) is 42.5 Å². The van der Waals surface area contributed by atoms with Crippen LogP contribution in [0.3, 0.4) is 0 Å². The summed E-state index contributed by atoms with van der Waals surface area (Å²) in [5.74, 6) is -1.85. The smallest absolute Gasteiger partial charge is 0.313 e. The zero-order chi connectivity index (χ0) is 23.7. The predicted octanol–water partition coefficient (Wildman–Crippen LogP) is 3.01. The van der Waals surface area contributed by atoms with Gasteiger partial charge in [0.15, 0.2) is 0 Å². The van der Waals surface area contributed by atoms with E-state index in [0.29, 0.717) is 36.3 Å². The van der Waals surface area contributed by atoms with Crippen molar-refractivity contribution in [3.8, 4) is 0 Å². The number of methoxy groups -OCH3 is 2. The van der Waals surface area contributed by atoms with Crippen LogP contribution in [-0.4, -0.2) is 62.0 Å². The summed E-state index contributed by atoms with van der Waals surface area (Å²) in [5, 5.41) is 0. The van der Waals surface area contributed by atoms with E-state index in [-0.39, 0.29) is 35.9 Å². The number of imide groups is 1. The monoisotopic (exact) mass is 450 g/mol. The van der Waals surface area contributed by atoms with Crippen molar-refractivity contribution in [1.29, 1.82) is 0 Å². The van der Waals surface area contributed by atoms with Crippen LogP contribution in [0, 0.1) is 0 Å². The molecule has 0 bridgehead atoms. The van der Waals surface area contributed by atoms with Gasteiger partial charge in [0.25, 0.3) is 17.7 Å². The number of carbonyl (C=O) groups excluding carboxylic acids is 4. The van der Waals surface area contributed by atoms with Crippen LogP contribution < -0.4 is 4.90 Å². The minimum atomic E-state index is -0.454. The Bertz CT molecular complexity index is 1130. The molecule has 0 fully saturated rings. The second-order valence-corrected chi connectivity index (χ2v) is 8.26. The van der Waals surface area contributed by atoms with Gasteiger partial charge in [-0.25, -0.2) is 0 Å². The van der Waals surface area contributed by atoms with Crippen LogP contribution in [-0.2, 0) is 14.3 Å². The molecule has 172 valence electrons. The maximum absolute atomic E-state index is 13.6. The summed E-state index contributed by atoms with van der Waals surface area (Å²) < 4.78 is 9.98. The third-order valence-corrected chi connectivity index (χ3v) is 6.24. The summed E-state index contributed by atoms with van der Waals surface area (Å²) in [7, 11) is 2.92. The molecule has 2 atom stereocenters. The number of anilines is 1. The summed E-state index contributed by atoms with van der Waals surface area (Å²) in [6.45, 7) is 2.58. The van der Waals surface area contributed by atoms with Crippen molar-refractivity contribution in [3.05, 3.63) is 64.7 Å². The first-order chi connectivity index (χ1) is 15.9. The lowest BCUT2D eigenvalue weighted by Gasteiger charge is -2.38. The highest BCUT2D eigenvalue weighted by Gasteiger charge is 2.39. The second-order valence-electron chi connectivity index (χ2n) is 8.26. The van der Waals surface area contributed by atoms with Gasteiger partial charge < -0.3 is 14.4 Å². The fraction of sp³-hybridized carbons (Fsp3) is 0.360. The van der Waals surface area contributed by atoms with E-state index in [2.05, 4.69) is 0 Å². The molecular formula is C25H26N2O6. The number of fused-ring (bicyclic) bond motifs is 2. The van der Waals surface area contributed by atoms with Crippen molar-refractivity contribution in [1.82, 2.24) is 4.90 Å². The summed E-state index contributed by atoms with van der Waals surface area (Å²) >= 11 is 0. The molecule has 2 heterocycles. The average Bonchev–Trinajstić information content (AvgIpc) is 3.07. The number of carbonyl (C=O) groups is 4. The zero-order valence-corrected chi connectivity index (χ0v) is 18.9. The Morgan fingerprint density at radius 2 is 1.76 bits per heavy atom. The quantitative estimate of drug-likeness (QED) is 0.382. The van der Waals surface area contributed by atoms with Crippen LogP contribution in [0.1, 0.15) is 62.3 Å². The van der Waals surface area contributed by atoms with E-state index < -0.39 is 11.8 Å². The van der Waals surface area contributed by atoms with E-state index in [1.807, 2.05) is 25.1 Å². The number of hydrogen-bond donors (Lipinski definition) is 0. The molecule has 0 radical (unpaired) electrons. The molecule has 3 amide bonds. The lowest BCUT2D eigenvalue weighted by Crippen LogP contribution is -2.44. The van der Waals surface area contributed by atoms with Crippen molar-refractivity contribution in [2.75, 3.05) is 32.3 Å². The number of para-hydroxylation sites is 1. The van der Waals surface area contributed by atoms with Crippen molar-refractivity contribution < 1.29 is 28.7 Å². The van der Waals surface area contributed by atoms with E-state index >= 15 is 0 Å². The number of amides is 3. The van der Waals surface area contributed by atoms with Gasteiger partial charge in [0.2, 0.25) is 0 Å². The Balaban J connectivity index is 1.65. The van der Waals surface area contributed by atoms with Crippen molar-refractivity contribution >= 4 is 29.4 Å². The maximum Gasteiger partial charge on any atom is 0.313 e. The molecule has 0 saturated heterocycles. The van der Waals surface area contributed by atoms with Crippen LogP contribution in [0.5, 0.6) is 0 Å². The van der Waals surface area contributed by atoms with Gasteiger partial charge in [-0.05, 0) is 49.6 Å². The molecule has 0 aliphatic carbocycles. The fourth-order valence-corrected chi connectivity index (χ4v) is 4.62. The van der Waals surface area contributed by atoms with Gasteiger partial charge in [-0.15, -0.1) is 0 Å². The Kier molecular flexibility index (Phi) is 6.29. The van der Waals surface area contributed by atoms with Gasteiger partial charge >= 0.3 is 5.97 Å². The second kappa shape index (κ2) is 9.15. The molecule has 2 unspecified atom stereocenters. The van der Waals surface area contributed by atoms with Crippen LogP contribution in [0.25, 0.3) is 0 Å². The molecular weight excluding hydrogens is 424 g/mol. The van der Waals surface area contributed by atoms with Gasteiger partial charge in [0, 0.05) is 37.6 Å². The molecule has 33 heavy (non-hydrogen) atoms. The van der Waals surface area contributed by atoms with Gasteiger partial charge in [0.1, 0.15) is 0 Å².